The molecule has 174 valence electrons. The number of rotatable bonds is 8. The SMILES string of the molecule is CCC(Sc1cccc(NC(=O)c2ccccc2F)c1)C(=O)Nc1nc2ccc(OC)cc2s1. The van der Waals surface area contributed by atoms with Crippen molar-refractivity contribution in [3.8, 4) is 5.75 Å². The highest BCUT2D eigenvalue weighted by atomic mass is 32.2. The van der Waals surface area contributed by atoms with E-state index in [0.717, 1.165) is 20.9 Å². The van der Waals surface area contributed by atoms with Crippen LogP contribution in [-0.2, 0) is 4.79 Å². The molecule has 1 atom stereocenters. The minimum Gasteiger partial charge on any atom is -0.497 e. The number of methoxy groups -OCH3 is 1. The molecule has 0 saturated heterocycles. The maximum Gasteiger partial charge on any atom is 0.258 e. The number of benzene rings is 3. The van der Waals surface area contributed by atoms with Crippen molar-refractivity contribution < 1.29 is 18.7 Å². The van der Waals surface area contributed by atoms with Gasteiger partial charge in [0.25, 0.3) is 5.91 Å². The van der Waals surface area contributed by atoms with Crippen LogP contribution in [0.15, 0.2) is 71.6 Å². The summed E-state index contributed by atoms with van der Waals surface area (Å²) in [7, 11) is 1.61. The molecule has 0 aliphatic rings. The van der Waals surface area contributed by atoms with E-state index in [0.29, 0.717) is 17.2 Å². The fourth-order valence-corrected chi connectivity index (χ4v) is 5.16. The molecule has 2 N–H and O–H groups in total. The molecule has 34 heavy (non-hydrogen) atoms. The number of nitrogens with zero attached hydrogens (tertiary/aromatic N) is 1. The van der Waals surface area contributed by atoms with Gasteiger partial charge in [0, 0.05) is 10.6 Å². The van der Waals surface area contributed by atoms with Crippen molar-refractivity contribution in [2.75, 3.05) is 17.7 Å². The van der Waals surface area contributed by atoms with Crippen LogP contribution in [0.5, 0.6) is 5.75 Å². The molecule has 0 fully saturated rings. The number of aromatic nitrogens is 1. The van der Waals surface area contributed by atoms with E-state index in [1.165, 1.54) is 41.3 Å². The van der Waals surface area contributed by atoms with Crippen molar-refractivity contribution >= 4 is 55.9 Å². The molecule has 1 unspecified atom stereocenters. The second-order valence-electron chi connectivity index (χ2n) is 7.32. The maximum atomic E-state index is 13.9. The number of hydrogen-bond acceptors (Lipinski definition) is 6. The van der Waals surface area contributed by atoms with Gasteiger partial charge >= 0.3 is 0 Å². The number of carbonyl (C=O) groups excluding carboxylic acids is 2. The highest BCUT2D eigenvalue weighted by Gasteiger charge is 2.20. The van der Waals surface area contributed by atoms with Gasteiger partial charge < -0.3 is 15.4 Å². The van der Waals surface area contributed by atoms with Gasteiger partial charge in [-0.1, -0.05) is 36.5 Å². The van der Waals surface area contributed by atoms with Gasteiger partial charge in [-0.3, -0.25) is 9.59 Å². The lowest BCUT2D eigenvalue weighted by Gasteiger charge is -2.14. The number of halogens is 1. The third kappa shape index (κ3) is 5.55. The Morgan fingerprint density at radius 1 is 1.09 bits per heavy atom. The lowest BCUT2D eigenvalue weighted by atomic mass is 10.2. The molecule has 0 saturated carbocycles. The lowest BCUT2D eigenvalue weighted by molar-refractivity contribution is -0.115. The van der Waals surface area contributed by atoms with E-state index in [-0.39, 0.29) is 16.7 Å². The number of fused-ring (bicyclic) bond motifs is 1. The molecule has 4 rings (SSSR count). The van der Waals surface area contributed by atoms with Gasteiger partial charge in [-0.2, -0.15) is 0 Å². The predicted molar refractivity (Wildman–Crippen MR) is 136 cm³/mol. The van der Waals surface area contributed by atoms with E-state index in [2.05, 4.69) is 15.6 Å². The third-order valence-electron chi connectivity index (χ3n) is 4.98. The second-order valence-corrected chi connectivity index (χ2v) is 9.63. The molecule has 0 aliphatic carbocycles. The average Bonchev–Trinajstić information content (AvgIpc) is 3.24. The predicted octanol–water partition coefficient (Wildman–Crippen LogP) is 6.21. The Kier molecular flexibility index (Phi) is 7.44. The molecule has 4 aromatic rings. The van der Waals surface area contributed by atoms with Crippen LogP contribution in [0.25, 0.3) is 10.2 Å². The normalized spacial score (nSPS) is 11.7. The highest BCUT2D eigenvalue weighted by molar-refractivity contribution is 8.00. The van der Waals surface area contributed by atoms with Gasteiger partial charge in [-0.15, -0.1) is 11.8 Å². The highest BCUT2D eigenvalue weighted by Crippen LogP contribution is 2.32. The van der Waals surface area contributed by atoms with E-state index in [1.807, 2.05) is 31.2 Å². The van der Waals surface area contributed by atoms with Crippen LogP contribution in [0.1, 0.15) is 23.7 Å². The van der Waals surface area contributed by atoms with Gasteiger partial charge in [0.05, 0.1) is 28.1 Å². The van der Waals surface area contributed by atoms with E-state index < -0.39 is 11.7 Å². The number of nitrogens with one attached hydrogen (secondary N) is 2. The number of thioether (sulfide) groups is 1. The lowest BCUT2D eigenvalue weighted by Crippen LogP contribution is -2.24. The molecular weight excluding hydrogens is 473 g/mol. The number of thiazole rings is 1. The largest absolute Gasteiger partial charge is 0.497 e. The van der Waals surface area contributed by atoms with E-state index >= 15 is 0 Å². The van der Waals surface area contributed by atoms with Gasteiger partial charge in [-0.25, -0.2) is 9.37 Å². The van der Waals surface area contributed by atoms with Crippen molar-refractivity contribution in [2.24, 2.45) is 0 Å². The van der Waals surface area contributed by atoms with Crippen LogP contribution in [0.3, 0.4) is 0 Å². The van der Waals surface area contributed by atoms with Gasteiger partial charge in [0.15, 0.2) is 5.13 Å². The van der Waals surface area contributed by atoms with Crippen molar-refractivity contribution in [2.45, 2.75) is 23.5 Å². The molecule has 9 heteroatoms. The Balaban J connectivity index is 1.43. The smallest absolute Gasteiger partial charge is 0.258 e. The summed E-state index contributed by atoms with van der Waals surface area (Å²) in [6.07, 6.45) is 0.598. The molecule has 0 bridgehead atoms. The second kappa shape index (κ2) is 10.7. The number of amides is 2. The number of carbonyl (C=O) groups is 2. The van der Waals surface area contributed by atoms with Crippen LogP contribution in [0, 0.1) is 5.82 Å². The van der Waals surface area contributed by atoms with Crippen molar-refractivity contribution in [1.29, 1.82) is 0 Å². The van der Waals surface area contributed by atoms with Crippen LogP contribution in [0.4, 0.5) is 15.2 Å². The zero-order valence-corrected chi connectivity index (χ0v) is 20.1. The first-order valence-electron chi connectivity index (χ1n) is 10.5. The summed E-state index contributed by atoms with van der Waals surface area (Å²) in [6, 6.07) is 18.5. The Bertz CT molecular complexity index is 1340. The van der Waals surface area contributed by atoms with Crippen molar-refractivity contribution in [3.05, 3.63) is 78.1 Å². The molecule has 0 aliphatic heterocycles. The maximum absolute atomic E-state index is 13.9. The topological polar surface area (TPSA) is 80.3 Å². The molecule has 2 amide bonds. The Morgan fingerprint density at radius 2 is 1.91 bits per heavy atom. The summed E-state index contributed by atoms with van der Waals surface area (Å²) >= 11 is 2.78. The summed E-state index contributed by atoms with van der Waals surface area (Å²) in [5, 5.41) is 5.79. The zero-order chi connectivity index (χ0) is 24.1. The number of anilines is 2. The molecular formula is C25H22FN3O3S2. The fraction of sp³-hybridized carbons (Fsp3) is 0.160. The Morgan fingerprint density at radius 3 is 2.68 bits per heavy atom. The first kappa shape index (κ1) is 23.7. The van der Waals surface area contributed by atoms with E-state index in [1.54, 1.807) is 31.4 Å². The van der Waals surface area contributed by atoms with Crippen LogP contribution in [0.2, 0.25) is 0 Å². The molecule has 6 nitrogen and oxygen atoms in total. The third-order valence-corrected chi connectivity index (χ3v) is 7.27. The van der Waals surface area contributed by atoms with E-state index in [9.17, 15) is 14.0 Å². The molecule has 3 aromatic carbocycles. The fourth-order valence-electron chi connectivity index (χ4n) is 3.25. The van der Waals surface area contributed by atoms with Crippen molar-refractivity contribution in [3.63, 3.8) is 0 Å². The van der Waals surface area contributed by atoms with Crippen LogP contribution < -0.4 is 15.4 Å². The van der Waals surface area contributed by atoms with Crippen molar-refractivity contribution in [1.82, 2.24) is 4.98 Å². The Labute approximate surface area is 204 Å². The first-order valence-corrected chi connectivity index (χ1v) is 12.2. The summed E-state index contributed by atoms with van der Waals surface area (Å²) in [6.45, 7) is 1.93. The van der Waals surface area contributed by atoms with Gasteiger partial charge in [0.2, 0.25) is 5.91 Å². The van der Waals surface area contributed by atoms with E-state index in [4.69, 9.17) is 4.74 Å². The van der Waals surface area contributed by atoms with Gasteiger partial charge in [-0.05, 0) is 55.0 Å². The number of ether oxygens (including phenoxy) is 1. The summed E-state index contributed by atoms with van der Waals surface area (Å²) in [5.74, 6) is -0.531. The monoisotopic (exact) mass is 495 g/mol. The quantitative estimate of drug-likeness (QED) is 0.284. The first-order chi connectivity index (χ1) is 16.5. The molecule has 0 radical (unpaired) electrons. The average molecular weight is 496 g/mol. The Hall–Kier alpha value is -3.43. The minimum absolute atomic E-state index is 0.0279. The van der Waals surface area contributed by atoms with Crippen LogP contribution in [-0.4, -0.2) is 29.2 Å². The van der Waals surface area contributed by atoms with Gasteiger partial charge in [0.1, 0.15) is 11.6 Å². The minimum atomic E-state index is -0.582. The zero-order valence-electron chi connectivity index (χ0n) is 18.5. The van der Waals surface area contributed by atoms with Crippen LogP contribution >= 0.6 is 23.1 Å². The summed E-state index contributed by atoms with van der Waals surface area (Å²) < 4.78 is 20.1. The molecule has 1 heterocycles. The summed E-state index contributed by atoms with van der Waals surface area (Å²) in [4.78, 5) is 30.6. The molecule has 0 spiro atoms. The standard InChI is InChI=1S/C25H22FN3O3S2/c1-3-21(24(31)29-25-28-20-12-11-16(32-2)14-22(20)34-25)33-17-8-6-7-15(13-17)27-23(30)18-9-4-5-10-19(18)26/h4-14,21H,3H2,1-2H3,(H,27,30)(H,28,29,31). The number of hydrogen-bond donors (Lipinski definition) is 2. The molecule has 1 aromatic heterocycles. The summed E-state index contributed by atoms with van der Waals surface area (Å²) in [5.41, 5.74) is 1.29.